The topological polar surface area (TPSA) is 136 Å². The van der Waals surface area contributed by atoms with Gasteiger partial charge in [0.15, 0.2) is 17.3 Å². The van der Waals surface area contributed by atoms with Gasteiger partial charge in [-0.2, -0.15) is 13.2 Å². The highest BCUT2D eigenvalue weighted by atomic mass is 35.5. The van der Waals surface area contributed by atoms with Gasteiger partial charge in [-0.25, -0.2) is 18.4 Å². The van der Waals surface area contributed by atoms with E-state index in [2.05, 4.69) is 25.3 Å². The van der Waals surface area contributed by atoms with E-state index in [4.69, 9.17) is 17.3 Å². The van der Waals surface area contributed by atoms with Crippen LogP contribution in [0.1, 0.15) is 48.1 Å². The Labute approximate surface area is 244 Å². The van der Waals surface area contributed by atoms with E-state index in [0.29, 0.717) is 30.6 Å². The fourth-order valence-electron chi connectivity index (χ4n) is 5.57. The lowest BCUT2D eigenvalue weighted by Gasteiger charge is -2.33. The van der Waals surface area contributed by atoms with E-state index in [1.165, 1.54) is 36.7 Å². The third-order valence-corrected chi connectivity index (χ3v) is 7.73. The number of pyridine rings is 1. The molecule has 2 amide bonds. The molecule has 0 spiro atoms. The van der Waals surface area contributed by atoms with Crippen molar-refractivity contribution in [2.75, 3.05) is 0 Å². The van der Waals surface area contributed by atoms with Crippen LogP contribution in [0, 0.1) is 11.6 Å². The Morgan fingerprint density at radius 2 is 1.93 bits per heavy atom. The molecular weight excluding hydrogens is 599 g/mol. The van der Waals surface area contributed by atoms with E-state index in [9.17, 15) is 22.8 Å². The highest BCUT2D eigenvalue weighted by Gasteiger charge is 2.42. The minimum Gasteiger partial charge on any atom is -0.369 e. The number of primary amides is 1. The molecule has 16 heteroatoms. The highest BCUT2D eigenvalue weighted by Crippen LogP contribution is 2.44. The van der Waals surface area contributed by atoms with E-state index in [1.807, 2.05) is 0 Å². The van der Waals surface area contributed by atoms with E-state index >= 15 is 8.78 Å². The van der Waals surface area contributed by atoms with Gasteiger partial charge in [0.2, 0.25) is 11.8 Å². The van der Waals surface area contributed by atoms with Gasteiger partial charge in [-0.3, -0.25) is 14.6 Å². The maximum absolute atomic E-state index is 15.4. The molecule has 0 aliphatic carbocycles. The zero-order valence-corrected chi connectivity index (χ0v) is 22.6. The molecule has 10 nitrogen and oxygen atoms in total. The molecule has 43 heavy (non-hydrogen) atoms. The van der Waals surface area contributed by atoms with Gasteiger partial charge in [0, 0.05) is 29.4 Å². The number of imidazole rings is 1. The number of alkyl halides is 3. The second-order valence-corrected chi connectivity index (χ2v) is 10.5. The summed E-state index contributed by atoms with van der Waals surface area (Å²) in [6, 6.07) is 3.01. The summed E-state index contributed by atoms with van der Waals surface area (Å²) in [5.41, 5.74) is 4.27. The van der Waals surface area contributed by atoms with Gasteiger partial charge in [0.05, 0.1) is 47.0 Å². The molecule has 0 bridgehead atoms. The van der Waals surface area contributed by atoms with Crippen molar-refractivity contribution in [3.8, 4) is 16.9 Å². The number of aromatic nitrogens is 6. The summed E-state index contributed by atoms with van der Waals surface area (Å²) in [4.78, 5) is 37.6. The number of carbonyl (C=O) groups is 2. The fourth-order valence-corrected chi connectivity index (χ4v) is 5.73. The Morgan fingerprint density at radius 1 is 1.14 bits per heavy atom. The normalized spacial score (nSPS) is 18.6. The molecule has 1 fully saturated rings. The third-order valence-electron chi connectivity index (χ3n) is 7.44. The van der Waals surface area contributed by atoms with Crippen LogP contribution < -0.4 is 5.73 Å². The molecule has 3 aromatic heterocycles. The van der Waals surface area contributed by atoms with Crippen molar-refractivity contribution in [3.05, 3.63) is 82.3 Å². The summed E-state index contributed by atoms with van der Waals surface area (Å²) in [7, 11) is 0. The largest absolute Gasteiger partial charge is 0.436 e. The molecule has 0 unspecified atom stereocenters. The van der Waals surface area contributed by atoms with Crippen LogP contribution in [0.5, 0.6) is 0 Å². The zero-order valence-electron chi connectivity index (χ0n) is 21.9. The van der Waals surface area contributed by atoms with Crippen molar-refractivity contribution in [1.29, 1.82) is 0 Å². The second kappa shape index (κ2) is 10.6. The Balaban J connectivity index is 1.31. The molecule has 5 heterocycles. The zero-order chi connectivity index (χ0) is 30.6. The monoisotopic (exact) mass is 618 g/mol. The summed E-state index contributed by atoms with van der Waals surface area (Å²) < 4.78 is 70.7. The molecule has 4 aromatic rings. The number of hydrogen-bond donors (Lipinski definition) is 2. The molecule has 1 saturated heterocycles. The van der Waals surface area contributed by atoms with E-state index < -0.39 is 47.4 Å². The maximum Gasteiger partial charge on any atom is 0.436 e. The number of H-pyrrole nitrogens is 1. The van der Waals surface area contributed by atoms with Crippen molar-refractivity contribution in [1.82, 2.24) is 34.8 Å². The Kier molecular flexibility index (Phi) is 6.99. The molecule has 0 radical (unpaired) electrons. The first-order valence-corrected chi connectivity index (χ1v) is 13.3. The molecule has 0 saturated carbocycles. The predicted octanol–water partition coefficient (Wildman–Crippen LogP) is 4.55. The van der Waals surface area contributed by atoms with Gasteiger partial charge in [0.1, 0.15) is 5.82 Å². The van der Waals surface area contributed by atoms with Crippen molar-refractivity contribution in [2.45, 2.75) is 43.9 Å². The quantitative estimate of drug-likeness (QED) is 0.304. The van der Waals surface area contributed by atoms with E-state index in [0.717, 1.165) is 4.68 Å². The van der Waals surface area contributed by atoms with E-state index in [-0.39, 0.29) is 45.9 Å². The second-order valence-electron chi connectivity index (χ2n) is 10.1. The minimum absolute atomic E-state index is 0.0577. The summed E-state index contributed by atoms with van der Waals surface area (Å²) in [6.45, 7) is 0. The number of aromatic amines is 1. The van der Waals surface area contributed by atoms with Gasteiger partial charge < -0.3 is 15.6 Å². The predicted molar refractivity (Wildman–Crippen MR) is 141 cm³/mol. The number of benzene rings is 1. The molecule has 222 valence electrons. The number of hydrogen-bond acceptors (Lipinski definition) is 6. The van der Waals surface area contributed by atoms with Gasteiger partial charge >= 0.3 is 6.18 Å². The van der Waals surface area contributed by atoms with Crippen molar-refractivity contribution < 1.29 is 31.5 Å². The SMILES string of the molecule is NC(=O)Cc1nccc(-c2cnc([C@@H]3CC[C@@H]4CC(c5c(-n6cc(C(F)(F)F)nn6)ccc(Cl)c5F)=CC(=O)N43)[nH]2)c1F. The molecule has 3 N–H and O–H groups in total. The van der Waals surface area contributed by atoms with Crippen LogP contribution in [0.4, 0.5) is 22.0 Å². The van der Waals surface area contributed by atoms with Gasteiger partial charge in [-0.1, -0.05) is 16.8 Å². The first-order valence-electron chi connectivity index (χ1n) is 12.9. The summed E-state index contributed by atoms with van der Waals surface area (Å²) in [6.07, 6.45) is 0.635. The number of amides is 2. The molecule has 6 rings (SSSR count). The molecule has 2 atom stereocenters. The number of nitrogens with one attached hydrogen (secondary N) is 1. The van der Waals surface area contributed by atoms with Gasteiger partial charge in [0.25, 0.3) is 0 Å². The standard InChI is InChI=1S/C27H20ClF5N8O2/c28-15-2-4-18(40-11-20(38-39-40)27(31,32)33)23(25(15)30)12-7-13-1-3-19(41(13)22(43)8-12)26-36-10-17(37-26)14-5-6-35-16(24(14)29)9-21(34)42/h2,4-6,8,10-11,13,19H,1,3,7,9H2,(H2,34,42)(H,36,37)/t13-,19+/m1/s1. The summed E-state index contributed by atoms with van der Waals surface area (Å²) >= 11 is 6.03. The van der Waals surface area contributed by atoms with Crippen LogP contribution in [0.2, 0.25) is 5.02 Å². The number of nitrogens with two attached hydrogens (primary N) is 1. The minimum atomic E-state index is -4.76. The van der Waals surface area contributed by atoms with E-state index in [1.54, 1.807) is 4.90 Å². The number of carbonyl (C=O) groups excluding carboxylic acids is 2. The summed E-state index contributed by atoms with van der Waals surface area (Å²) in [5.74, 6) is -2.44. The van der Waals surface area contributed by atoms with Crippen LogP contribution in [0.15, 0.2) is 42.9 Å². The smallest absolute Gasteiger partial charge is 0.369 e. The van der Waals surface area contributed by atoms with Crippen LogP contribution >= 0.6 is 11.6 Å². The fraction of sp³-hybridized carbons (Fsp3) is 0.259. The molecule has 2 aliphatic rings. The average Bonchev–Trinajstić information content (AvgIpc) is 3.70. The number of nitrogens with zero attached hydrogens (tertiary/aromatic N) is 6. The summed E-state index contributed by atoms with van der Waals surface area (Å²) in [5, 5.41) is 6.38. The Bertz CT molecular complexity index is 1800. The molecular formula is C27H20ClF5N8O2. The lowest BCUT2D eigenvalue weighted by molar-refractivity contribution is -0.141. The lowest BCUT2D eigenvalue weighted by atomic mass is 9.92. The van der Waals surface area contributed by atoms with Crippen LogP contribution in [0.25, 0.3) is 22.5 Å². The average molecular weight is 619 g/mol. The lowest BCUT2D eigenvalue weighted by Crippen LogP contribution is -2.39. The maximum atomic E-state index is 15.4. The number of rotatable bonds is 6. The van der Waals surface area contributed by atoms with Crippen molar-refractivity contribution in [3.63, 3.8) is 0 Å². The van der Waals surface area contributed by atoms with Crippen LogP contribution in [-0.4, -0.2) is 52.7 Å². The molecule has 2 aliphatic heterocycles. The Morgan fingerprint density at radius 3 is 2.65 bits per heavy atom. The Hall–Kier alpha value is -4.66. The first kappa shape index (κ1) is 28.5. The van der Waals surface area contributed by atoms with Gasteiger partial charge in [-0.15, -0.1) is 5.10 Å². The van der Waals surface area contributed by atoms with Crippen LogP contribution in [-0.2, 0) is 22.2 Å². The number of halogens is 6. The van der Waals surface area contributed by atoms with Crippen LogP contribution in [0.3, 0.4) is 0 Å². The number of fused-ring (bicyclic) bond motifs is 1. The van der Waals surface area contributed by atoms with Crippen molar-refractivity contribution >= 4 is 29.0 Å². The highest BCUT2D eigenvalue weighted by molar-refractivity contribution is 6.31. The van der Waals surface area contributed by atoms with Gasteiger partial charge in [-0.05, 0) is 43.0 Å². The van der Waals surface area contributed by atoms with Crippen molar-refractivity contribution in [2.24, 2.45) is 5.73 Å². The first-order chi connectivity index (χ1) is 20.4. The third kappa shape index (κ3) is 5.13. The molecule has 1 aromatic carbocycles.